The zero-order valence-electron chi connectivity index (χ0n) is 13.3. The van der Waals surface area contributed by atoms with Crippen LogP contribution >= 0.6 is 0 Å². The van der Waals surface area contributed by atoms with Crippen molar-refractivity contribution >= 4 is 17.5 Å². The lowest BCUT2D eigenvalue weighted by atomic mass is 9.86. The minimum atomic E-state index is -1.14. The van der Waals surface area contributed by atoms with Crippen molar-refractivity contribution in [3.63, 3.8) is 0 Å². The van der Waals surface area contributed by atoms with E-state index in [1.807, 2.05) is 12.1 Å². The first-order valence-corrected chi connectivity index (χ1v) is 7.23. The first-order chi connectivity index (χ1) is 10.7. The molecule has 23 heavy (non-hydrogen) atoms. The third kappa shape index (κ3) is 3.72. The van der Waals surface area contributed by atoms with Crippen LogP contribution in [0.25, 0.3) is 0 Å². The average Bonchev–Trinajstić information content (AvgIpc) is 2.53. The van der Waals surface area contributed by atoms with Crippen LogP contribution in [0, 0.1) is 0 Å². The van der Waals surface area contributed by atoms with Gasteiger partial charge in [0.25, 0.3) is 0 Å². The Morgan fingerprint density at radius 3 is 1.83 bits per heavy atom. The highest BCUT2D eigenvalue weighted by Gasteiger charge is 2.20. The summed E-state index contributed by atoms with van der Waals surface area (Å²) in [6.07, 6.45) is 0. The van der Waals surface area contributed by atoms with Crippen molar-refractivity contribution in [2.24, 2.45) is 0 Å². The standard InChI is InChI=1S/C19H18O4/c1-19(2,3)15-9-7-12(8-10-15)16(20)17(21)13-5-4-6-14(11-13)18(22)23/h4-11H,1-3H3,(H,22,23). The number of rotatable bonds is 4. The Labute approximate surface area is 134 Å². The SMILES string of the molecule is CC(C)(C)c1ccc(C(=O)C(=O)c2cccc(C(=O)O)c2)cc1. The van der Waals surface area contributed by atoms with Gasteiger partial charge in [-0.1, -0.05) is 57.2 Å². The van der Waals surface area contributed by atoms with Gasteiger partial charge in [0.2, 0.25) is 11.6 Å². The van der Waals surface area contributed by atoms with Crippen molar-refractivity contribution in [2.75, 3.05) is 0 Å². The number of hydrogen-bond acceptors (Lipinski definition) is 3. The molecular weight excluding hydrogens is 292 g/mol. The normalized spacial score (nSPS) is 11.1. The third-order valence-electron chi connectivity index (χ3n) is 3.59. The topological polar surface area (TPSA) is 71.4 Å². The second-order valence-corrected chi connectivity index (χ2v) is 6.37. The largest absolute Gasteiger partial charge is 0.478 e. The number of carboxylic acid groups (broad SMARTS) is 1. The van der Waals surface area contributed by atoms with Crippen molar-refractivity contribution in [2.45, 2.75) is 26.2 Å². The molecule has 0 amide bonds. The van der Waals surface area contributed by atoms with Crippen LogP contribution in [0.4, 0.5) is 0 Å². The number of carbonyl (C=O) groups excluding carboxylic acids is 2. The summed E-state index contributed by atoms with van der Waals surface area (Å²) in [7, 11) is 0. The second-order valence-electron chi connectivity index (χ2n) is 6.37. The highest BCUT2D eigenvalue weighted by atomic mass is 16.4. The molecule has 0 aliphatic rings. The van der Waals surface area contributed by atoms with E-state index in [1.165, 1.54) is 24.3 Å². The van der Waals surface area contributed by atoms with E-state index in [4.69, 9.17) is 5.11 Å². The molecule has 4 heteroatoms. The lowest BCUT2D eigenvalue weighted by Crippen LogP contribution is -2.16. The van der Waals surface area contributed by atoms with E-state index in [0.29, 0.717) is 5.56 Å². The van der Waals surface area contributed by atoms with Gasteiger partial charge in [-0.05, 0) is 23.1 Å². The van der Waals surface area contributed by atoms with Crippen LogP contribution in [0.5, 0.6) is 0 Å². The van der Waals surface area contributed by atoms with Crippen LogP contribution in [-0.2, 0) is 5.41 Å². The average molecular weight is 310 g/mol. The van der Waals surface area contributed by atoms with E-state index in [-0.39, 0.29) is 16.5 Å². The number of carbonyl (C=O) groups is 3. The fourth-order valence-corrected chi connectivity index (χ4v) is 2.18. The molecule has 2 aromatic carbocycles. The van der Waals surface area contributed by atoms with Gasteiger partial charge in [0.1, 0.15) is 0 Å². The van der Waals surface area contributed by atoms with Gasteiger partial charge < -0.3 is 5.11 Å². The Morgan fingerprint density at radius 2 is 1.30 bits per heavy atom. The van der Waals surface area contributed by atoms with Gasteiger partial charge in [0.15, 0.2) is 0 Å². The Balaban J connectivity index is 2.28. The summed E-state index contributed by atoms with van der Waals surface area (Å²) in [5.74, 6) is -2.49. The Kier molecular flexibility index (Phi) is 4.45. The fourth-order valence-electron chi connectivity index (χ4n) is 2.18. The van der Waals surface area contributed by atoms with E-state index in [1.54, 1.807) is 12.1 Å². The molecule has 2 rings (SSSR count). The molecule has 0 bridgehead atoms. The summed E-state index contributed by atoms with van der Waals surface area (Å²) in [6, 6.07) is 12.4. The maximum Gasteiger partial charge on any atom is 0.335 e. The van der Waals surface area contributed by atoms with Gasteiger partial charge >= 0.3 is 5.97 Å². The Morgan fingerprint density at radius 1 is 0.783 bits per heavy atom. The Hall–Kier alpha value is -2.75. The molecule has 0 fully saturated rings. The monoisotopic (exact) mass is 310 g/mol. The van der Waals surface area contributed by atoms with Gasteiger partial charge in [-0.25, -0.2) is 4.79 Å². The molecule has 0 spiro atoms. The predicted octanol–water partition coefficient (Wildman–Crippen LogP) is 3.75. The molecule has 0 radical (unpaired) electrons. The van der Waals surface area contributed by atoms with Crippen LogP contribution in [0.3, 0.4) is 0 Å². The molecule has 0 heterocycles. The summed E-state index contributed by atoms with van der Waals surface area (Å²) < 4.78 is 0. The summed E-state index contributed by atoms with van der Waals surface area (Å²) in [6.45, 7) is 6.19. The smallest absolute Gasteiger partial charge is 0.335 e. The van der Waals surface area contributed by atoms with Crippen LogP contribution in [0.2, 0.25) is 0 Å². The number of benzene rings is 2. The molecule has 118 valence electrons. The predicted molar refractivity (Wildman–Crippen MR) is 87.2 cm³/mol. The maximum atomic E-state index is 12.3. The van der Waals surface area contributed by atoms with E-state index in [9.17, 15) is 14.4 Å². The zero-order valence-corrected chi connectivity index (χ0v) is 13.3. The van der Waals surface area contributed by atoms with Gasteiger partial charge in [-0.3, -0.25) is 9.59 Å². The van der Waals surface area contributed by atoms with Gasteiger partial charge in [0.05, 0.1) is 5.56 Å². The van der Waals surface area contributed by atoms with E-state index in [0.717, 1.165) is 5.56 Å². The molecule has 0 aliphatic heterocycles. The first-order valence-electron chi connectivity index (χ1n) is 7.23. The number of hydrogen-bond donors (Lipinski definition) is 1. The van der Waals surface area contributed by atoms with Crippen molar-refractivity contribution < 1.29 is 19.5 Å². The summed E-state index contributed by atoms with van der Waals surface area (Å²) in [4.78, 5) is 35.5. The van der Waals surface area contributed by atoms with Gasteiger partial charge in [-0.15, -0.1) is 0 Å². The van der Waals surface area contributed by atoms with Gasteiger partial charge in [0, 0.05) is 11.1 Å². The second kappa shape index (κ2) is 6.16. The molecule has 4 nitrogen and oxygen atoms in total. The minimum absolute atomic E-state index is 0.0215. The molecule has 0 saturated heterocycles. The van der Waals surface area contributed by atoms with E-state index >= 15 is 0 Å². The lowest BCUT2D eigenvalue weighted by molar-refractivity contribution is 0.0696. The zero-order chi connectivity index (χ0) is 17.2. The molecule has 0 aliphatic carbocycles. The number of Topliss-reactive ketones (excluding diaryl/α,β-unsaturated/α-hetero) is 2. The number of aromatic carboxylic acids is 1. The van der Waals surface area contributed by atoms with Crippen molar-refractivity contribution in [3.05, 3.63) is 70.8 Å². The number of carboxylic acids is 1. The molecule has 1 N–H and O–H groups in total. The summed E-state index contributed by atoms with van der Waals surface area (Å²) in [5, 5.41) is 8.96. The molecule has 0 atom stereocenters. The third-order valence-corrected chi connectivity index (χ3v) is 3.59. The summed E-state index contributed by atoms with van der Waals surface area (Å²) in [5.41, 5.74) is 1.38. The molecule has 0 saturated carbocycles. The van der Waals surface area contributed by atoms with E-state index < -0.39 is 17.5 Å². The highest BCUT2D eigenvalue weighted by Crippen LogP contribution is 2.22. The van der Waals surface area contributed by atoms with Crippen LogP contribution < -0.4 is 0 Å². The number of ketones is 2. The van der Waals surface area contributed by atoms with Gasteiger partial charge in [-0.2, -0.15) is 0 Å². The highest BCUT2D eigenvalue weighted by molar-refractivity contribution is 6.49. The van der Waals surface area contributed by atoms with Crippen molar-refractivity contribution in [1.29, 1.82) is 0 Å². The fraction of sp³-hybridized carbons (Fsp3) is 0.211. The van der Waals surface area contributed by atoms with Crippen molar-refractivity contribution in [1.82, 2.24) is 0 Å². The minimum Gasteiger partial charge on any atom is -0.478 e. The first kappa shape index (κ1) is 16.6. The quantitative estimate of drug-likeness (QED) is 0.689. The lowest BCUT2D eigenvalue weighted by Gasteiger charge is -2.18. The Bertz CT molecular complexity index is 765. The molecular formula is C19H18O4. The molecule has 0 unspecified atom stereocenters. The van der Waals surface area contributed by atoms with Crippen LogP contribution in [0.15, 0.2) is 48.5 Å². The maximum absolute atomic E-state index is 12.3. The molecule has 2 aromatic rings. The van der Waals surface area contributed by atoms with Crippen LogP contribution in [-0.4, -0.2) is 22.6 Å². The van der Waals surface area contributed by atoms with Crippen molar-refractivity contribution in [3.8, 4) is 0 Å². The van der Waals surface area contributed by atoms with Crippen LogP contribution in [0.1, 0.15) is 57.4 Å². The van der Waals surface area contributed by atoms with E-state index in [2.05, 4.69) is 20.8 Å². The molecule has 0 aromatic heterocycles. The summed E-state index contributed by atoms with van der Waals surface area (Å²) >= 11 is 0.